The minimum absolute atomic E-state index is 0.327. The van der Waals surface area contributed by atoms with Crippen molar-refractivity contribution < 1.29 is 9.59 Å². The second-order valence-corrected chi connectivity index (χ2v) is 7.23. The number of hydrogen-bond acceptors (Lipinski definition) is 2. The van der Waals surface area contributed by atoms with Crippen LogP contribution >= 0.6 is 0 Å². The topological polar surface area (TPSA) is 49.4 Å². The van der Waals surface area contributed by atoms with Gasteiger partial charge >= 0.3 is 11.8 Å². The minimum Gasteiger partial charge on any atom is -0.334 e. The molecule has 0 saturated carbocycles. The van der Waals surface area contributed by atoms with Crippen LogP contribution < -0.4 is 5.32 Å². The summed E-state index contributed by atoms with van der Waals surface area (Å²) in [5.74, 6) is -0.352. The lowest BCUT2D eigenvalue weighted by Gasteiger charge is -2.26. The highest BCUT2D eigenvalue weighted by molar-refractivity contribution is 6.39. The summed E-state index contributed by atoms with van der Waals surface area (Å²) in [6, 6.07) is 4.01. The number of anilines is 1. The molecule has 0 atom stereocenters. The summed E-state index contributed by atoms with van der Waals surface area (Å²) < 4.78 is 0. The van der Waals surface area contributed by atoms with Crippen LogP contribution in [0.4, 0.5) is 5.69 Å². The molecule has 1 N–H and O–H groups in total. The first-order valence-electron chi connectivity index (χ1n) is 8.29. The van der Waals surface area contributed by atoms with Crippen LogP contribution in [0.15, 0.2) is 12.1 Å². The lowest BCUT2D eigenvalue weighted by molar-refractivity contribution is -0.143. The summed E-state index contributed by atoms with van der Waals surface area (Å²) in [5, 5.41) is 2.80. The van der Waals surface area contributed by atoms with Crippen molar-refractivity contribution in [3.8, 4) is 0 Å². The van der Waals surface area contributed by atoms with Gasteiger partial charge < -0.3 is 10.2 Å². The fourth-order valence-electron chi connectivity index (χ4n) is 2.81. The van der Waals surface area contributed by atoms with Crippen molar-refractivity contribution in [1.82, 2.24) is 4.90 Å². The van der Waals surface area contributed by atoms with Crippen LogP contribution in [0.25, 0.3) is 0 Å². The third-order valence-corrected chi connectivity index (χ3v) is 3.57. The predicted octanol–water partition coefficient (Wildman–Crippen LogP) is 3.69. The smallest absolute Gasteiger partial charge is 0.313 e. The average Bonchev–Trinajstić information content (AvgIpc) is 2.39. The van der Waals surface area contributed by atoms with E-state index in [0.717, 1.165) is 22.4 Å². The van der Waals surface area contributed by atoms with Gasteiger partial charge in [-0.05, 0) is 43.7 Å². The minimum atomic E-state index is -0.554. The van der Waals surface area contributed by atoms with E-state index in [1.165, 1.54) is 0 Å². The molecule has 1 aromatic rings. The maximum atomic E-state index is 12.5. The first kappa shape index (κ1) is 19.2. The molecule has 4 heteroatoms. The zero-order valence-electron chi connectivity index (χ0n) is 15.5. The highest BCUT2D eigenvalue weighted by atomic mass is 16.2. The standard InChI is InChI=1S/C19H30N2O2/c1-12(2)10-21(11-13(3)4)19(23)18(22)20-17-15(6)8-14(5)9-16(17)7/h8-9,12-13H,10-11H2,1-7H3,(H,20,22). The molecule has 0 aromatic heterocycles. The zero-order valence-corrected chi connectivity index (χ0v) is 15.5. The van der Waals surface area contributed by atoms with Crippen molar-refractivity contribution in [3.63, 3.8) is 0 Å². The van der Waals surface area contributed by atoms with Crippen LogP contribution in [0.1, 0.15) is 44.4 Å². The number of nitrogens with zero attached hydrogens (tertiary/aromatic N) is 1. The van der Waals surface area contributed by atoms with E-state index in [1.54, 1.807) is 4.90 Å². The number of carbonyl (C=O) groups is 2. The predicted molar refractivity (Wildman–Crippen MR) is 95.5 cm³/mol. The normalized spacial score (nSPS) is 11.0. The maximum Gasteiger partial charge on any atom is 0.313 e. The van der Waals surface area contributed by atoms with E-state index >= 15 is 0 Å². The van der Waals surface area contributed by atoms with Gasteiger partial charge in [-0.25, -0.2) is 0 Å². The van der Waals surface area contributed by atoms with Crippen LogP contribution in [-0.4, -0.2) is 29.8 Å². The van der Waals surface area contributed by atoms with E-state index in [0.29, 0.717) is 24.9 Å². The van der Waals surface area contributed by atoms with Gasteiger partial charge in [0.05, 0.1) is 0 Å². The lowest BCUT2D eigenvalue weighted by Crippen LogP contribution is -2.43. The highest BCUT2D eigenvalue weighted by Crippen LogP contribution is 2.22. The first-order chi connectivity index (χ1) is 10.6. The van der Waals surface area contributed by atoms with Gasteiger partial charge in [0, 0.05) is 18.8 Å². The van der Waals surface area contributed by atoms with Crippen LogP contribution in [0, 0.1) is 32.6 Å². The Balaban J connectivity index is 2.92. The molecule has 2 amide bonds. The molecule has 0 unspecified atom stereocenters. The third-order valence-electron chi connectivity index (χ3n) is 3.57. The maximum absolute atomic E-state index is 12.5. The van der Waals surface area contributed by atoms with Gasteiger partial charge in [-0.2, -0.15) is 0 Å². The quantitative estimate of drug-likeness (QED) is 0.842. The molecule has 0 heterocycles. The second kappa shape index (κ2) is 8.14. The number of aryl methyl sites for hydroxylation is 3. The summed E-state index contributed by atoms with van der Waals surface area (Å²) in [5.41, 5.74) is 3.83. The number of rotatable bonds is 5. The van der Waals surface area contributed by atoms with Gasteiger partial charge in [0.25, 0.3) is 0 Å². The van der Waals surface area contributed by atoms with Crippen molar-refractivity contribution in [2.75, 3.05) is 18.4 Å². The van der Waals surface area contributed by atoms with E-state index in [1.807, 2.05) is 60.6 Å². The van der Waals surface area contributed by atoms with Crippen LogP contribution in [0.2, 0.25) is 0 Å². The molecular formula is C19H30N2O2. The van der Waals surface area contributed by atoms with Gasteiger partial charge in [0.1, 0.15) is 0 Å². The number of benzene rings is 1. The molecule has 23 heavy (non-hydrogen) atoms. The summed E-state index contributed by atoms with van der Waals surface area (Å²) in [6.07, 6.45) is 0. The lowest BCUT2D eigenvalue weighted by atomic mass is 10.0. The molecule has 0 fully saturated rings. The summed E-state index contributed by atoms with van der Waals surface area (Å²) in [7, 11) is 0. The monoisotopic (exact) mass is 318 g/mol. The van der Waals surface area contributed by atoms with E-state index in [9.17, 15) is 9.59 Å². The number of carbonyl (C=O) groups excluding carboxylic acids is 2. The first-order valence-corrected chi connectivity index (χ1v) is 8.29. The van der Waals surface area contributed by atoms with Gasteiger partial charge in [0.2, 0.25) is 0 Å². The Bertz CT molecular complexity index is 544. The molecule has 0 aliphatic heterocycles. The van der Waals surface area contributed by atoms with Gasteiger partial charge in [0.15, 0.2) is 0 Å². The van der Waals surface area contributed by atoms with Gasteiger partial charge in [-0.15, -0.1) is 0 Å². The Labute approximate surface area is 140 Å². The van der Waals surface area contributed by atoms with Gasteiger partial charge in [-0.1, -0.05) is 45.4 Å². The Morgan fingerprint density at radius 1 is 0.957 bits per heavy atom. The van der Waals surface area contributed by atoms with Crippen LogP contribution in [-0.2, 0) is 9.59 Å². The van der Waals surface area contributed by atoms with Crippen molar-refractivity contribution >= 4 is 17.5 Å². The summed E-state index contributed by atoms with van der Waals surface area (Å²) >= 11 is 0. The molecule has 128 valence electrons. The SMILES string of the molecule is Cc1cc(C)c(NC(=O)C(=O)N(CC(C)C)CC(C)C)c(C)c1. The molecule has 0 aliphatic carbocycles. The molecule has 0 aliphatic rings. The van der Waals surface area contributed by atoms with Crippen molar-refractivity contribution in [3.05, 3.63) is 28.8 Å². The van der Waals surface area contributed by atoms with Gasteiger partial charge in [-0.3, -0.25) is 9.59 Å². The molecule has 0 saturated heterocycles. The fourth-order valence-corrected chi connectivity index (χ4v) is 2.81. The zero-order chi connectivity index (χ0) is 17.7. The van der Waals surface area contributed by atoms with Crippen molar-refractivity contribution in [1.29, 1.82) is 0 Å². The Kier molecular flexibility index (Phi) is 6.79. The molecular weight excluding hydrogens is 288 g/mol. The van der Waals surface area contributed by atoms with Crippen molar-refractivity contribution in [2.24, 2.45) is 11.8 Å². The fraction of sp³-hybridized carbons (Fsp3) is 0.579. The third kappa shape index (κ3) is 5.70. The van der Waals surface area contributed by atoms with E-state index in [2.05, 4.69) is 5.32 Å². The van der Waals surface area contributed by atoms with E-state index in [4.69, 9.17) is 0 Å². The number of amides is 2. The van der Waals surface area contributed by atoms with Crippen molar-refractivity contribution in [2.45, 2.75) is 48.5 Å². The average molecular weight is 318 g/mol. The molecule has 0 radical (unpaired) electrons. The summed E-state index contributed by atoms with van der Waals surface area (Å²) in [6.45, 7) is 15.3. The van der Waals surface area contributed by atoms with E-state index in [-0.39, 0.29) is 0 Å². The second-order valence-electron chi connectivity index (χ2n) is 7.23. The number of nitrogens with one attached hydrogen (secondary N) is 1. The van der Waals surface area contributed by atoms with Crippen LogP contribution in [0.3, 0.4) is 0 Å². The molecule has 1 rings (SSSR count). The highest BCUT2D eigenvalue weighted by Gasteiger charge is 2.24. The largest absolute Gasteiger partial charge is 0.334 e. The Morgan fingerprint density at radius 3 is 1.78 bits per heavy atom. The Morgan fingerprint density at radius 2 is 1.39 bits per heavy atom. The number of hydrogen-bond donors (Lipinski definition) is 1. The molecule has 0 bridgehead atoms. The molecule has 0 spiro atoms. The van der Waals surface area contributed by atoms with E-state index < -0.39 is 11.8 Å². The Hall–Kier alpha value is -1.84. The summed E-state index contributed by atoms with van der Waals surface area (Å²) in [4.78, 5) is 26.6. The molecule has 4 nitrogen and oxygen atoms in total. The molecule has 1 aromatic carbocycles. The van der Waals surface area contributed by atoms with Crippen LogP contribution in [0.5, 0.6) is 0 Å².